The molecule has 94 valence electrons. The molecule has 0 saturated carbocycles. The first-order chi connectivity index (χ1) is 9.25. The maximum Gasteiger partial charge on any atom is 0.153 e. The normalized spacial score (nSPS) is 10.6. The van der Waals surface area contributed by atoms with Crippen molar-refractivity contribution in [3.05, 3.63) is 59.9 Å². The van der Waals surface area contributed by atoms with Crippen LogP contribution in [0.5, 0.6) is 11.5 Å². The van der Waals surface area contributed by atoms with Gasteiger partial charge in [-0.15, -0.1) is 0 Å². The Bertz CT molecular complexity index is 743. The van der Waals surface area contributed by atoms with Crippen molar-refractivity contribution in [1.82, 2.24) is 4.98 Å². The Hall–Kier alpha value is -2.26. The molecule has 0 aliphatic rings. The maximum absolute atomic E-state index is 6.17. The number of hydrogen-bond donors (Lipinski definition) is 1. The molecule has 1 aromatic heterocycles. The fourth-order valence-electron chi connectivity index (χ4n) is 1.93. The van der Waals surface area contributed by atoms with Gasteiger partial charge in [0.1, 0.15) is 5.75 Å². The molecule has 0 aliphatic carbocycles. The quantitative estimate of drug-likeness (QED) is 0.757. The number of nitrogen functional groups attached to an aromatic ring is 1. The van der Waals surface area contributed by atoms with Crippen molar-refractivity contribution in [1.29, 1.82) is 0 Å². The number of pyridine rings is 1. The van der Waals surface area contributed by atoms with Crippen molar-refractivity contribution in [2.75, 3.05) is 5.73 Å². The zero-order valence-electron chi connectivity index (χ0n) is 10.0. The molecule has 2 N–H and O–H groups in total. The summed E-state index contributed by atoms with van der Waals surface area (Å²) in [6.07, 6.45) is 3.21. The molecule has 4 heteroatoms. The summed E-state index contributed by atoms with van der Waals surface area (Å²) in [6.45, 7) is 0. The summed E-state index contributed by atoms with van der Waals surface area (Å²) >= 11 is 6.17. The highest BCUT2D eigenvalue weighted by Gasteiger charge is 2.07. The van der Waals surface area contributed by atoms with E-state index in [1.54, 1.807) is 18.5 Å². The molecular formula is C15H11ClN2O. The second kappa shape index (κ2) is 4.78. The van der Waals surface area contributed by atoms with Crippen molar-refractivity contribution >= 4 is 28.1 Å². The molecule has 0 saturated heterocycles. The van der Waals surface area contributed by atoms with Crippen molar-refractivity contribution in [3.8, 4) is 11.5 Å². The van der Waals surface area contributed by atoms with Crippen LogP contribution in [-0.4, -0.2) is 4.98 Å². The Balaban J connectivity index is 2.12. The van der Waals surface area contributed by atoms with E-state index < -0.39 is 0 Å². The first-order valence-corrected chi connectivity index (χ1v) is 6.18. The van der Waals surface area contributed by atoms with Crippen LogP contribution in [0.3, 0.4) is 0 Å². The smallest absolute Gasteiger partial charge is 0.153 e. The third-order valence-corrected chi connectivity index (χ3v) is 3.19. The molecule has 3 nitrogen and oxygen atoms in total. The lowest BCUT2D eigenvalue weighted by molar-refractivity contribution is 0.490. The number of hydrogen-bond acceptors (Lipinski definition) is 3. The second-order valence-electron chi connectivity index (χ2n) is 4.11. The number of nitrogens with zero attached hydrogens (tertiary/aromatic N) is 1. The van der Waals surface area contributed by atoms with Crippen LogP contribution in [0.1, 0.15) is 0 Å². The van der Waals surface area contributed by atoms with Gasteiger partial charge in [0.05, 0.1) is 11.9 Å². The van der Waals surface area contributed by atoms with E-state index in [2.05, 4.69) is 4.98 Å². The number of anilines is 1. The summed E-state index contributed by atoms with van der Waals surface area (Å²) < 4.78 is 5.85. The standard InChI is InChI=1S/C15H11ClN2O/c16-12-5-6-14(11-4-2-1-3-10(11)12)19-15-7-8-18-9-13(15)17/h1-9H,17H2. The summed E-state index contributed by atoms with van der Waals surface area (Å²) in [5, 5.41) is 2.60. The number of benzene rings is 2. The highest BCUT2D eigenvalue weighted by atomic mass is 35.5. The first-order valence-electron chi connectivity index (χ1n) is 5.80. The average molecular weight is 271 g/mol. The average Bonchev–Trinajstić information content (AvgIpc) is 2.44. The van der Waals surface area contributed by atoms with E-state index in [1.165, 1.54) is 0 Å². The Kier molecular flexibility index (Phi) is 2.97. The van der Waals surface area contributed by atoms with Gasteiger partial charge in [-0.25, -0.2) is 0 Å². The summed E-state index contributed by atoms with van der Waals surface area (Å²) in [6, 6.07) is 13.2. The molecule has 0 radical (unpaired) electrons. The third kappa shape index (κ3) is 2.20. The van der Waals surface area contributed by atoms with E-state index in [9.17, 15) is 0 Å². The molecule has 0 atom stereocenters. The van der Waals surface area contributed by atoms with Crippen LogP contribution in [0.2, 0.25) is 5.02 Å². The van der Waals surface area contributed by atoms with Gasteiger partial charge in [-0.1, -0.05) is 35.9 Å². The molecule has 19 heavy (non-hydrogen) atoms. The Morgan fingerprint density at radius 3 is 2.53 bits per heavy atom. The van der Waals surface area contributed by atoms with E-state index in [4.69, 9.17) is 22.1 Å². The Labute approximate surface area is 115 Å². The summed E-state index contributed by atoms with van der Waals surface area (Å²) in [5.41, 5.74) is 6.33. The first kappa shape index (κ1) is 11.8. The van der Waals surface area contributed by atoms with Gasteiger partial charge in [0, 0.05) is 28.1 Å². The highest BCUT2D eigenvalue weighted by Crippen LogP contribution is 2.35. The van der Waals surface area contributed by atoms with E-state index in [-0.39, 0.29) is 0 Å². The highest BCUT2D eigenvalue weighted by molar-refractivity contribution is 6.35. The molecule has 0 amide bonds. The summed E-state index contributed by atoms with van der Waals surface area (Å²) in [5.74, 6) is 1.31. The fraction of sp³-hybridized carbons (Fsp3) is 0. The van der Waals surface area contributed by atoms with Crippen LogP contribution in [-0.2, 0) is 0 Å². The molecule has 0 fully saturated rings. The lowest BCUT2D eigenvalue weighted by atomic mass is 10.1. The van der Waals surface area contributed by atoms with Crippen molar-refractivity contribution < 1.29 is 4.74 Å². The van der Waals surface area contributed by atoms with Crippen LogP contribution in [0.25, 0.3) is 10.8 Å². The molecule has 0 aliphatic heterocycles. The lowest BCUT2D eigenvalue weighted by Gasteiger charge is -2.11. The predicted octanol–water partition coefficient (Wildman–Crippen LogP) is 4.26. The maximum atomic E-state index is 6.17. The van der Waals surface area contributed by atoms with E-state index >= 15 is 0 Å². The minimum absolute atomic E-state index is 0.501. The van der Waals surface area contributed by atoms with Crippen LogP contribution in [0.4, 0.5) is 5.69 Å². The Morgan fingerprint density at radius 2 is 1.74 bits per heavy atom. The van der Waals surface area contributed by atoms with Crippen LogP contribution >= 0.6 is 11.6 Å². The predicted molar refractivity (Wildman–Crippen MR) is 77.7 cm³/mol. The van der Waals surface area contributed by atoms with Crippen LogP contribution < -0.4 is 10.5 Å². The van der Waals surface area contributed by atoms with E-state index in [0.717, 1.165) is 16.5 Å². The zero-order valence-corrected chi connectivity index (χ0v) is 10.8. The van der Waals surface area contributed by atoms with Crippen molar-refractivity contribution in [2.24, 2.45) is 0 Å². The van der Waals surface area contributed by atoms with Crippen LogP contribution in [0, 0.1) is 0 Å². The number of ether oxygens (including phenoxy) is 1. The number of rotatable bonds is 2. The molecule has 0 spiro atoms. The van der Waals surface area contributed by atoms with Gasteiger partial charge in [0.2, 0.25) is 0 Å². The van der Waals surface area contributed by atoms with Gasteiger partial charge < -0.3 is 10.5 Å². The van der Waals surface area contributed by atoms with Gasteiger partial charge in [-0.2, -0.15) is 0 Å². The van der Waals surface area contributed by atoms with Gasteiger partial charge in [-0.05, 0) is 12.1 Å². The SMILES string of the molecule is Nc1cnccc1Oc1ccc(Cl)c2ccccc12. The number of fused-ring (bicyclic) bond motifs is 1. The minimum Gasteiger partial charge on any atom is -0.454 e. The van der Waals surface area contributed by atoms with Crippen LogP contribution in [0.15, 0.2) is 54.9 Å². The number of halogens is 1. The summed E-state index contributed by atoms with van der Waals surface area (Å²) in [4.78, 5) is 3.94. The van der Waals surface area contributed by atoms with E-state index in [1.807, 2.05) is 36.4 Å². The van der Waals surface area contributed by atoms with Gasteiger partial charge in [0.15, 0.2) is 5.75 Å². The van der Waals surface area contributed by atoms with Crippen molar-refractivity contribution in [2.45, 2.75) is 0 Å². The molecule has 3 rings (SSSR count). The van der Waals surface area contributed by atoms with Gasteiger partial charge in [-0.3, -0.25) is 4.98 Å². The fourth-order valence-corrected chi connectivity index (χ4v) is 2.16. The molecule has 0 bridgehead atoms. The number of aromatic nitrogens is 1. The third-order valence-electron chi connectivity index (χ3n) is 2.86. The van der Waals surface area contributed by atoms with Gasteiger partial charge >= 0.3 is 0 Å². The molecule has 2 aromatic carbocycles. The van der Waals surface area contributed by atoms with Gasteiger partial charge in [0.25, 0.3) is 0 Å². The summed E-state index contributed by atoms with van der Waals surface area (Å²) in [7, 11) is 0. The molecule has 1 heterocycles. The topological polar surface area (TPSA) is 48.1 Å². The largest absolute Gasteiger partial charge is 0.454 e. The Morgan fingerprint density at radius 1 is 0.947 bits per heavy atom. The van der Waals surface area contributed by atoms with E-state index in [0.29, 0.717) is 16.5 Å². The monoisotopic (exact) mass is 270 g/mol. The minimum atomic E-state index is 0.501. The number of nitrogens with two attached hydrogens (primary N) is 1. The lowest BCUT2D eigenvalue weighted by Crippen LogP contribution is -1.93. The second-order valence-corrected chi connectivity index (χ2v) is 4.51. The van der Waals surface area contributed by atoms with Crippen molar-refractivity contribution in [3.63, 3.8) is 0 Å². The molecule has 0 unspecified atom stereocenters. The zero-order chi connectivity index (χ0) is 13.2. The molecular weight excluding hydrogens is 260 g/mol. The molecule has 3 aromatic rings.